The van der Waals surface area contributed by atoms with Gasteiger partial charge in [-0.1, -0.05) is 6.42 Å². The van der Waals surface area contributed by atoms with Gasteiger partial charge in [0.1, 0.15) is 0 Å². The lowest BCUT2D eigenvalue weighted by atomic mass is 9.70. The molecule has 1 saturated carbocycles. The molecule has 0 spiro atoms. The Morgan fingerprint density at radius 3 is 2.70 bits per heavy atom. The molecule has 2 aliphatic rings. The predicted octanol–water partition coefficient (Wildman–Crippen LogP) is 4.28. The van der Waals surface area contributed by atoms with Crippen molar-refractivity contribution in [3.63, 3.8) is 0 Å². The van der Waals surface area contributed by atoms with Gasteiger partial charge in [-0.05, 0) is 56.4 Å². The summed E-state index contributed by atoms with van der Waals surface area (Å²) in [5.74, 6) is 2.59. The molecule has 1 aromatic carbocycles. The van der Waals surface area contributed by atoms with E-state index in [1.807, 2.05) is 30.8 Å². The maximum atomic E-state index is 12.2. The lowest BCUT2D eigenvalue weighted by Gasteiger charge is -2.38. The average molecular weight is 393 g/mol. The highest BCUT2D eigenvalue weighted by molar-refractivity contribution is 7.99. The second-order valence-corrected chi connectivity index (χ2v) is 8.68. The number of benzene rings is 1. The van der Waals surface area contributed by atoms with Gasteiger partial charge < -0.3 is 9.64 Å². The lowest BCUT2D eigenvalue weighted by Crippen LogP contribution is -2.41. The van der Waals surface area contributed by atoms with Gasteiger partial charge in [0, 0.05) is 36.7 Å². The number of nitro groups is 1. The van der Waals surface area contributed by atoms with Crippen molar-refractivity contribution < 1.29 is 14.5 Å². The minimum absolute atomic E-state index is 0.00559. The third-order valence-corrected chi connectivity index (χ3v) is 7.06. The van der Waals surface area contributed by atoms with Gasteiger partial charge in [-0.3, -0.25) is 14.9 Å². The van der Waals surface area contributed by atoms with Crippen LogP contribution >= 0.6 is 11.8 Å². The highest BCUT2D eigenvalue weighted by Crippen LogP contribution is 2.44. The predicted molar refractivity (Wildman–Crippen MR) is 108 cm³/mol. The Morgan fingerprint density at radius 1 is 1.37 bits per heavy atom. The third kappa shape index (κ3) is 4.75. The summed E-state index contributed by atoms with van der Waals surface area (Å²) in [6.07, 6.45) is 5.37. The third-order valence-electron chi connectivity index (χ3n) is 5.78. The van der Waals surface area contributed by atoms with Crippen LogP contribution in [0.5, 0.6) is 0 Å². The molecule has 6 nitrogen and oxygen atoms in total. The van der Waals surface area contributed by atoms with E-state index < -0.39 is 0 Å². The Bertz CT molecular complexity index is 660. The van der Waals surface area contributed by atoms with Crippen LogP contribution < -0.4 is 4.90 Å². The number of nitrogens with zero attached hydrogens (tertiary/aromatic N) is 2. The van der Waals surface area contributed by atoms with Crippen molar-refractivity contribution in [3.05, 3.63) is 34.4 Å². The van der Waals surface area contributed by atoms with Gasteiger partial charge in [0.2, 0.25) is 0 Å². The molecule has 0 bridgehead atoms. The zero-order valence-electron chi connectivity index (χ0n) is 15.9. The van der Waals surface area contributed by atoms with Crippen LogP contribution in [0, 0.1) is 21.4 Å². The first-order valence-electron chi connectivity index (χ1n) is 9.78. The van der Waals surface area contributed by atoms with E-state index in [1.54, 1.807) is 12.1 Å². The van der Waals surface area contributed by atoms with E-state index in [-0.39, 0.29) is 22.0 Å². The van der Waals surface area contributed by atoms with Crippen molar-refractivity contribution >= 4 is 29.1 Å². The first kappa shape index (κ1) is 20.0. The molecule has 148 valence electrons. The number of anilines is 1. The summed E-state index contributed by atoms with van der Waals surface area (Å²) < 4.78 is 5.26. The van der Waals surface area contributed by atoms with Gasteiger partial charge >= 0.3 is 5.97 Å². The zero-order chi connectivity index (χ0) is 19.3. The van der Waals surface area contributed by atoms with Crippen LogP contribution in [0.4, 0.5) is 11.4 Å². The molecule has 1 aromatic rings. The lowest BCUT2D eigenvalue weighted by molar-refractivity contribution is -0.384. The standard InChI is InChI=1S/C20H28N2O4S/c1-2-26-19(23)20(10-3-11-20)15-27-13-9-16-8-12-21(14-16)17-4-6-18(7-5-17)22(24)25/h4-7,16H,2-3,8-15H2,1H3. The molecule has 1 atom stereocenters. The SMILES string of the molecule is CCOC(=O)C1(CSCCC2CCN(c3ccc([N+](=O)[O-])cc3)C2)CCC1. The fourth-order valence-corrected chi connectivity index (χ4v) is 5.34. The highest BCUT2D eigenvalue weighted by atomic mass is 32.2. The van der Waals surface area contributed by atoms with Gasteiger partial charge in [-0.2, -0.15) is 11.8 Å². The van der Waals surface area contributed by atoms with Crippen LogP contribution in [0.15, 0.2) is 24.3 Å². The van der Waals surface area contributed by atoms with E-state index in [4.69, 9.17) is 4.74 Å². The van der Waals surface area contributed by atoms with Crippen molar-refractivity contribution in [1.29, 1.82) is 0 Å². The molecule has 1 heterocycles. The number of hydrogen-bond donors (Lipinski definition) is 0. The molecule has 27 heavy (non-hydrogen) atoms. The van der Waals surface area contributed by atoms with E-state index in [1.165, 1.54) is 0 Å². The van der Waals surface area contributed by atoms with Gasteiger partial charge in [-0.15, -0.1) is 0 Å². The van der Waals surface area contributed by atoms with Crippen molar-refractivity contribution in [2.45, 2.75) is 39.0 Å². The molecule has 0 radical (unpaired) electrons. The second-order valence-electron chi connectivity index (χ2n) is 7.57. The van der Waals surface area contributed by atoms with Crippen molar-refractivity contribution in [3.8, 4) is 0 Å². The number of rotatable bonds is 9. The molecule has 2 fully saturated rings. The Labute approximate surface area is 164 Å². The van der Waals surface area contributed by atoms with Crippen LogP contribution in [-0.4, -0.2) is 42.1 Å². The molecular formula is C20H28N2O4S. The van der Waals surface area contributed by atoms with Gasteiger partial charge in [-0.25, -0.2) is 0 Å². The minimum atomic E-state index is -0.362. The highest BCUT2D eigenvalue weighted by Gasteiger charge is 2.45. The Hall–Kier alpha value is -1.76. The summed E-state index contributed by atoms with van der Waals surface area (Å²) in [5, 5.41) is 10.8. The van der Waals surface area contributed by atoms with Crippen LogP contribution in [-0.2, 0) is 9.53 Å². The molecule has 1 unspecified atom stereocenters. The summed E-state index contributed by atoms with van der Waals surface area (Å²) in [6.45, 7) is 4.33. The molecule has 7 heteroatoms. The zero-order valence-corrected chi connectivity index (χ0v) is 16.7. The molecule has 0 N–H and O–H groups in total. The Balaban J connectivity index is 1.40. The van der Waals surface area contributed by atoms with E-state index >= 15 is 0 Å². The minimum Gasteiger partial charge on any atom is -0.466 e. The maximum Gasteiger partial charge on any atom is 0.312 e. The first-order chi connectivity index (χ1) is 13.0. The summed E-state index contributed by atoms with van der Waals surface area (Å²) >= 11 is 1.88. The summed E-state index contributed by atoms with van der Waals surface area (Å²) in [5.41, 5.74) is 0.977. The average Bonchev–Trinajstić information content (AvgIpc) is 3.09. The second kappa shape index (κ2) is 8.95. The number of hydrogen-bond acceptors (Lipinski definition) is 6. The smallest absolute Gasteiger partial charge is 0.312 e. The molecular weight excluding hydrogens is 364 g/mol. The molecule has 1 aliphatic carbocycles. The quantitative estimate of drug-likeness (QED) is 0.270. The number of esters is 1. The van der Waals surface area contributed by atoms with Crippen molar-refractivity contribution in [2.24, 2.45) is 11.3 Å². The largest absolute Gasteiger partial charge is 0.466 e. The molecule has 3 rings (SSSR count). The summed E-state index contributed by atoms with van der Waals surface area (Å²) in [7, 11) is 0. The molecule has 0 aromatic heterocycles. The van der Waals surface area contributed by atoms with E-state index in [2.05, 4.69) is 4.90 Å². The Morgan fingerprint density at radius 2 is 2.11 bits per heavy atom. The Kier molecular flexibility index (Phi) is 6.63. The van der Waals surface area contributed by atoms with Crippen molar-refractivity contribution in [2.75, 3.05) is 36.1 Å². The number of carbonyl (C=O) groups is 1. The van der Waals surface area contributed by atoms with Crippen LogP contribution in [0.2, 0.25) is 0 Å². The molecule has 1 saturated heterocycles. The first-order valence-corrected chi connectivity index (χ1v) is 10.9. The number of ether oxygens (including phenoxy) is 1. The topological polar surface area (TPSA) is 72.7 Å². The van der Waals surface area contributed by atoms with E-state index in [0.29, 0.717) is 12.5 Å². The molecule has 0 amide bonds. The van der Waals surface area contributed by atoms with Crippen LogP contribution in [0.1, 0.15) is 39.0 Å². The number of nitro benzene ring substituents is 1. The van der Waals surface area contributed by atoms with Crippen LogP contribution in [0.25, 0.3) is 0 Å². The normalized spacial score (nSPS) is 20.9. The monoisotopic (exact) mass is 392 g/mol. The maximum absolute atomic E-state index is 12.2. The molecule has 1 aliphatic heterocycles. The summed E-state index contributed by atoms with van der Waals surface area (Å²) in [4.78, 5) is 24.9. The van der Waals surface area contributed by atoms with Crippen molar-refractivity contribution in [1.82, 2.24) is 0 Å². The summed E-state index contributed by atoms with van der Waals surface area (Å²) in [6, 6.07) is 6.84. The van der Waals surface area contributed by atoms with E-state index in [9.17, 15) is 14.9 Å². The van der Waals surface area contributed by atoms with Gasteiger partial charge in [0.15, 0.2) is 0 Å². The fourth-order valence-electron chi connectivity index (χ4n) is 3.90. The number of carbonyl (C=O) groups excluding carboxylic acids is 1. The van der Waals surface area contributed by atoms with Gasteiger partial charge in [0.05, 0.1) is 16.9 Å². The number of non-ortho nitro benzene ring substituents is 1. The van der Waals surface area contributed by atoms with Gasteiger partial charge in [0.25, 0.3) is 5.69 Å². The fraction of sp³-hybridized carbons (Fsp3) is 0.650. The number of thioether (sulfide) groups is 1. The van der Waals surface area contributed by atoms with Crippen LogP contribution in [0.3, 0.4) is 0 Å². The van der Waals surface area contributed by atoms with E-state index in [0.717, 1.165) is 62.4 Å².